The van der Waals surface area contributed by atoms with Crippen LogP contribution >= 0.6 is 0 Å². The van der Waals surface area contributed by atoms with Gasteiger partial charge in [-0.2, -0.15) is 0 Å². The molecule has 2 heterocycles. The van der Waals surface area contributed by atoms with Crippen LogP contribution in [0.4, 0.5) is 0 Å². The van der Waals surface area contributed by atoms with Gasteiger partial charge in [0.15, 0.2) is 0 Å². The fraction of sp³-hybridized carbons (Fsp3) is 0.385. The Morgan fingerprint density at radius 3 is 2.62 bits per heavy atom. The van der Waals surface area contributed by atoms with Crippen LogP contribution in [-0.4, -0.2) is 32.0 Å². The number of furan rings is 1. The van der Waals surface area contributed by atoms with E-state index in [0.717, 1.165) is 5.56 Å². The third-order valence-electron chi connectivity index (χ3n) is 3.10. The van der Waals surface area contributed by atoms with Crippen LogP contribution < -0.4 is 5.32 Å². The second-order valence-electron chi connectivity index (χ2n) is 4.70. The molecule has 2 aromatic rings. The Hall–Kier alpha value is -2.64. The molecule has 8 heteroatoms. The maximum atomic E-state index is 12.1. The number of aliphatic carboxylic acids is 1. The Bertz CT molecular complexity index is 686. The van der Waals surface area contributed by atoms with Crippen LogP contribution in [0, 0.1) is 20.8 Å². The summed E-state index contributed by atoms with van der Waals surface area (Å²) in [6.45, 7) is 5.26. The molecule has 0 aliphatic rings. The predicted molar refractivity (Wildman–Crippen MR) is 71.7 cm³/mol. The van der Waals surface area contributed by atoms with Crippen LogP contribution in [0.2, 0.25) is 0 Å². The number of rotatable bonds is 5. The highest BCUT2D eigenvalue weighted by Crippen LogP contribution is 2.20. The third kappa shape index (κ3) is 3.28. The molecule has 0 bridgehead atoms. The molecule has 0 radical (unpaired) electrons. The lowest BCUT2D eigenvalue weighted by atomic mass is 10.1. The van der Waals surface area contributed by atoms with Gasteiger partial charge in [0.05, 0.1) is 18.3 Å². The van der Waals surface area contributed by atoms with Crippen LogP contribution in [0.25, 0.3) is 0 Å². The van der Waals surface area contributed by atoms with Crippen molar-refractivity contribution >= 4 is 11.9 Å². The number of nitrogens with one attached hydrogen (secondary N) is 1. The fourth-order valence-electron chi connectivity index (χ4n) is 2.02. The maximum Gasteiger partial charge on any atom is 0.325 e. The number of carbonyl (C=O) groups is 2. The van der Waals surface area contributed by atoms with Gasteiger partial charge < -0.3 is 14.8 Å². The van der Waals surface area contributed by atoms with Gasteiger partial charge in [-0.25, -0.2) is 4.68 Å². The van der Waals surface area contributed by atoms with Gasteiger partial charge in [0.25, 0.3) is 5.91 Å². The first-order chi connectivity index (χ1) is 9.88. The van der Waals surface area contributed by atoms with E-state index in [2.05, 4.69) is 15.6 Å². The second kappa shape index (κ2) is 5.78. The highest BCUT2D eigenvalue weighted by atomic mass is 16.4. The molecule has 0 aromatic carbocycles. The number of carboxylic acids is 1. The highest BCUT2D eigenvalue weighted by molar-refractivity contribution is 5.96. The topological polar surface area (TPSA) is 110 Å². The molecule has 1 amide bonds. The minimum atomic E-state index is -1.00. The zero-order chi connectivity index (χ0) is 15.6. The van der Waals surface area contributed by atoms with Crippen LogP contribution in [0.15, 0.2) is 10.6 Å². The standard InChI is InChI=1S/C13H16N4O4/c1-7-8(2)21-9(3)12(7)13(20)14-4-10-5-17(16-15-10)6-11(18)19/h5H,4,6H2,1-3H3,(H,14,20)(H,18,19). The maximum absolute atomic E-state index is 12.1. The molecule has 0 unspecified atom stereocenters. The molecule has 8 nitrogen and oxygen atoms in total. The van der Waals surface area contributed by atoms with Crippen molar-refractivity contribution in [2.45, 2.75) is 33.9 Å². The van der Waals surface area contributed by atoms with Crippen LogP contribution in [0.5, 0.6) is 0 Å². The molecular weight excluding hydrogens is 276 g/mol. The average molecular weight is 292 g/mol. The predicted octanol–water partition coefficient (Wildman–Crippen LogP) is 0.811. The number of carboxylic acid groups (broad SMARTS) is 1. The summed E-state index contributed by atoms with van der Waals surface area (Å²) >= 11 is 0. The van der Waals surface area contributed by atoms with Gasteiger partial charge in [0.1, 0.15) is 23.8 Å². The summed E-state index contributed by atoms with van der Waals surface area (Å²) in [6.07, 6.45) is 1.48. The first-order valence-corrected chi connectivity index (χ1v) is 6.34. The summed E-state index contributed by atoms with van der Waals surface area (Å²) in [5, 5.41) is 18.8. The second-order valence-corrected chi connectivity index (χ2v) is 4.70. The molecule has 2 N–H and O–H groups in total. The van der Waals surface area contributed by atoms with E-state index in [1.54, 1.807) is 13.8 Å². The van der Waals surface area contributed by atoms with Gasteiger partial charge in [-0.15, -0.1) is 5.10 Å². The summed E-state index contributed by atoms with van der Waals surface area (Å²) < 4.78 is 6.60. The molecule has 21 heavy (non-hydrogen) atoms. The van der Waals surface area contributed by atoms with Crippen molar-refractivity contribution in [2.75, 3.05) is 0 Å². The van der Waals surface area contributed by atoms with Crippen molar-refractivity contribution in [3.05, 3.63) is 34.5 Å². The molecule has 2 aromatic heterocycles. The lowest BCUT2D eigenvalue weighted by Gasteiger charge is -2.02. The van der Waals surface area contributed by atoms with E-state index in [9.17, 15) is 9.59 Å². The number of hydrogen-bond donors (Lipinski definition) is 2. The first-order valence-electron chi connectivity index (χ1n) is 6.34. The van der Waals surface area contributed by atoms with E-state index in [1.165, 1.54) is 10.9 Å². The molecular formula is C13H16N4O4. The van der Waals surface area contributed by atoms with E-state index in [-0.39, 0.29) is 19.0 Å². The Morgan fingerprint density at radius 1 is 1.33 bits per heavy atom. The largest absolute Gasteiger partial charge is 0.480 e. The smallest absolute Gasteiger partial charge is 0.325 e. The minimum absolute atomic E-state index is 0.168. The number of amides is 1. The van der Waals surface area contributed by atoms with Crippen molar-refractivity contribution in [3.63, 3.8) is 0 Å². The Labute approximate surface area is 120 Å². The van der Waals surface area contributed by atoms with Crippen LogP contribution in [0.3, 0.4) is 0 Å². The molecule has 0 saturated heterocycles. The molecule has 0 atom stereocenters. The number of aryl methyl sites for hydroxylation is 2. The average Bonchev–Trinajstić information content (AvgIpc) is 2.92. The lowest BCUT2D eigenvalue weighted by molar-refractivity contribution is -0.137. The van der Waals surface area contributed by atoms with Crippen molar-refractivity contribution in [2.24, 2.45) is 0 Å². The van der Waals surface area contributed by atoms with Crippen LogP contribution in [0.1, 0.15) is 33.1 Å². The quantitative estimate of drug-likeness (QED) is 0.843. The zero-order valence-corrected chi connectivity index (χ0v) is 12.0. The SMILES string of the molecule is Cc1oc(C)c(C(=O)NCc2cn(CC(=O)O)nn2)c1C. The Morgan fingerprint density at radius 2 is 2.05 bits per heavy atom. The van der Waals surface area contributed by atoms with Crippen molar-refractivity contribution in [1.29, 1.82) is 0 Å². The van der Waals surface area contributed by atoms with E-state index >= 15 is 0 Å². The number of nitrogens with zero attached hydrogens (tertiary/aromatic N) is 3. The number of hydrogen-bond acceptors (Lipinski definition) is 5. The van der Waals surface area contributed by atoms with Gasteiger partial charge in [0, 0.05) is 5.56 Å². The van der Waals surface area contributed by atoms with Crippen LogP contribution in [-0.2, 0) is 17.9 Å². The summed E-state index contributed by atoms with van der Waals surface area (Å²) in [5.41, 5.74) is 1.81. The van der Waals surface area contributed by atoms with Crippen molar-refractivity contribution < 1.29 is 19.1 Å². The van der Waals surface area contributed by atoms with Crippen molar-refractivity contribution in [3.8, 4) is 0 Å². The highest BCUT2D eigenvalue weighted by Gasteiger charge is 2.18. The summed E-state index contributed by atoms with van der Waals surface area (Å²) in [4.78, 5) is 22.7. The van der Waals surface area contributed by atoms with Gasteiger partial charge in [-0.05, 0) is 20.8 Å². The molecule has 0 aliphatic heterocycles. The zero-order valence-electron chi connectivity index (χ0n) is 12.0. The fourth-order valence-corrected chi connectivity index (χ4v) is 2.02. The molecule has 0 aliphatic carbocycles. The van der Waals surface area contributed by atoms with E-state index in [1.807, 2.05) is 6.92 Å². The summed E-state index contributed by atoms with van der Waals surface area (Å²) in [6, 6.07) is 0. The van der Waals surface area contributed by atoms with E-state index in [0.29, 0.717) is 22.8 Å². The first kappa shape index (κ1) is 14.8. The summed E-state index contributed by atoms with van der Waals surface area (Å²) in [5.74, 6) is 0.0207. The molecule has 0 saturated carbocycles. The molecule has 2 rings (SSSR count). The van der Waals surface area contributed by atoms with E-state index < -0.39 is 5.97 Å². The summed E-state index contributed by atoms with van der Waals surface area (Å²) in [7, 11) is 0. The normalized spacial score (nSPS) is 10.6. The Balaban J connectivity index is 2.01. The third-order valence-corrected chi connectivity index (χ3v) is 3.10. The minimum Gasteiger partial charge on any atom is -0.480 e. The molecule has 0 spiro atoms. The number of aromatic nitrogens is 3. The monoisotopic (exact) mass is 292 g/mol. The molecule has 112 valence electrons. The van der Waals surface area contributed by atoms with Gasteiger partial charge >= 0.3 is 5.97 Å². The Kier molecular flexibility index (Phi) is 4.06. The molecule has 0 fully saturated rings. The van der Waals surface area contributed by atoms with Gasteiger partial charge in [-0.3, -0.25) is 9.59 Å². The van der Waals surface area contributed by atoms with Crippen molar-refractivity contribution in [1.82, 2.24) is 20.3 Å². The van der Waals surface area contributed by atoms with Gasteiger partial charge in [0.2, 0.25) is 0 Å². The lowest BCUT2D eigenvalue weighted by Crippen LogP contribution is -2.24. The number of carbonyl (C=O) groups excluding carboxylic acids is 1. The van der Waals surface area contributed by atoms with E-state index in [4.69, 9.17) is 9.52 Å². The van der Waals surface area contributed by atoms with Gasteiger partial charge in [-0.1, -0.05) is 5.21 Å².